The molecule has 23 heavy (non-hydrogen) atoms. The van der Waals surface area contributed by atoms with Crippen LogP contribution in [-0.4, -0.2) is 30.8 Å². The van der Waals surface area contributed by atoms with E-state index in [4.69, 9.17) is 9.84 Å². The van der Waals surface area contributed by atoms with Crippen molar-refractivity contribution in [2.75, 3.05) is 13.7 Å². The molecule has 122 valence electrons. The Balaban J connectivity index is 2.22. The molecule has 4 heteroatoms. The van der Waals surface area contributed by atoms with Crippen LogP contribution < -0.4 is 10.1 Å². The highest BCUT2D eigenvalue weighted by molar-refractivity contribution is 5.96. The molecule has 0 bridgehead atoms. The fourth-order valence-electron chi connectivity index (χ4n) is 2.47. The number of hydrogen-bond acceptors (Lipinski definition) is 3. The van der Waals surface area contributed by atoms with Crippen molar-refractivity contribution >= 4 is 5.91 Å². The molecule has 0 radical (unpaired) electrons. The minimum Gasteiger partial charge on any atom is -0.496 e. The van der Waals surface area contributed by atoms with Gasteiger partial charge in [0.15, 0.2) is 0 Å². The van der Waals surface area contributed by atoms with E-state index in [1.165, 1.54) is 0 Å². The number of ether oxygens (including phenoxy) is 1. The summed E-state index contributed by atoms with van der Waals surface area (Å²) in [4.78, 5) is 12.4. The van der Waals surface area contributed by atoms with Crippen molar-refractivity contribution in [1.29, 1.82) is 0 Å². The number of methoxy groups -OCH3 is 1. The van der Waals surface area contributed by atoms with E-state index in [2.05, 4.69) is 5.32 Å². The number of aliphatic hydroxyl groups excluding tert-OH is 1. The van der Waals surface area contributed by atoms with Crippen LogP contribution in [0.2, 0.25) is 0 Å². The molecule has 0 spiro atoms. The average molecular weight is 313 g/mol. The van der Waals surface area contributed by atoms with E-state index in [1.54, 1.807) is 13.2 Å². The lowest BCUT2D eigenvalue weighted by Crippen LogP contribution is -2.32. The third kappa shape index (κ3) is 4.57. The number of amides is 1. The monoisotopic (exact) mass is 313 g/mol. The summed E-state index contributed by atoms with van der Waals surface area (Å²) in [5.41, 5.74) is 2.50. The summed E-state index contributed by atoms with van der Waals surface area (Å²) in [7, 11) is 1.62. The zero-order valence-corrected chi connectivity index (χ0v) is 13.6. The first-order chi connectivity index (χ1) is 11.2. The number of nitrogens with one attached hydrogen (secondary N) is 1. The molecule has 2 aromatic rings. The van der Waals surface area contributed by atoms with E-state index in [0.29, 0.717) is 12.0 Å². The summed E-state index contributed by atoms with van der Waals surface area (Å²) >= 11 is 0. The van der Waals surface area contributed by atoms with Gasteiger partial charge in [-0.3, -0.25) is 4.79 Å². The van der Waals surface area contributed by atoms with Crippen LogP contribution in [0.15, 0.2) is 48.5 Å². The highest BCUT2D eigenvalue weighted by Crippen LogP contribution is 2.30. The van der Waals surface area contributed by atoms with Crippen molar-refractivity contribution in [3.63, 3.8) is 0 Å². The molecular weight excluding hydrogens is 290 g/mol. The zero-order valence-electron chi connectivity index (χ0n) is 13.6. The molecule has 1 atom stereocenters. The molecule has 0 aliphatic rings. The van der Waals surface area contributed by atoms with Crippen molar-refractivity contribution in [1.82, 2.24) is 5.32 Å². The molecule has 1 unspecified atom stereocenters. The highest BCUT2D eigenvalue weighted by atomic mass is 16.5. The molecule has 2 rings (SSSR count). The minimum absolute atomic E-state index is 0.0249. The van der Waals surface area contributed by atoms with Gasteiger partial charge < -0.3 is 15.2 Å². The molecule has 0 aliphatic carbocycles. The second kappa shape index (κ2) is 8.34. The van der Waals surface area contributed by atoms with Gasteiger partial charge in [0.05, 0.1) is 7.11 Å². The fraction of sp³-hybridized carbons (Fsp3) is 0.316. The maximum absolute atomic E-state index is 12.4. The van der Waals surface area contributed by atoms with Gasteiger partial charge in [-0.15, -0.1) is 0 Å². The van der Waals surface area contributed by atoms with E-state index in [1.807, 2.05) is 49.4 Å². The molecule has 0 saturated heterocycles. The van der Waals surface area contributed by atoms with Gasteiger partial charge in [-0.05, 0) is 43.5 Å². The van der Waals surface area contributed by atoms with Crippen molar-refractivity contribution in [3.05, 3.63) is 54.1 Å². The van der Waals surface area contributed by atoms with E-state index in [0.717, 1.165) is 23.3 Å². The first-order valence-corrected chi connectivity index (χ1v) is 7.81. The number of rotatable bonds is 7. The summed E-state index contributed by atoms with van der Waals surface area (Å²) in [6.45, 7) is 2.08. The van der Waals surface area contributed by atoms with Crippen LogP contribution in [-0.2, 0) is 0 Å². The van der Waals surface area contributed by atoms with Gasteiger partial charge in [-0.2, -0.15) is 0 Å². The molecule has 0 fully saturated rings. The van der Waals surface area contributed by atoms with Crippen molar-refractivity contribution < 1.29 is 14.6 Å². The number of carbonyl (C=O) groups is 1. The molecular formula is C19H23NO3. The number of hydrogen-bond donors (Lipinski definition) is 2. The average Bonchev–Trinajstić information content (AvgIpc) is 2.60. The number of carbonyl (C=O) groups excluding carboxylic acids is 1. The standard InChI is InChI=1S/C19H23NO3/c1-14(7-6-12-21)20-19(22)16-10-11-18(23-2)17(13-16)15-8-4-3-5-9-15/h3-5,8-11,13-14,21H,6-7,12H2,1-2H3,(H,20,22). The number of aliphatic hydroxyl groups is 1. The lowest BCUT2D eigenvalue weighted by molar-refractivity contribution is 0.0936. The van der Waals surface area contributed by atoms with Crippen LogP contribution >= 0.6 is 0 Å². The van der Waals surface area contributed by atoms with Crippen molar-refractivity contribution in [2.45, 2.75) is 25.8 Å². The molecule has 4 nitrogen and oxygen atoms in total. The molecule has 0 heterocycles. The van der Waals surface area contributed by atoms with E-state index < -0.39 is 0 Å². The van der Waals surface area contributed by atoms with Gasteiger partial charge in [0.1, 0.15) is 5.75 Å². The molecule has 2 N–H and O–H groups in total. The molecule has 1 amide bonds. The Hall–Kier alpha value is -2.33. The zero-order chi connectivity index (χ0) is 16.7. The number of benzene rings is 2. The fourth-order valence-corrected chi connectivity index (χ4v) is 2.47. The Morgan fingerprint density at radius 3 is 2.61 bits per heavy atom. The lowest BCUT2D eigenvalue weighted by Gasteiger charge is -2.15. The molecule has 0 saturated carbocycles. The largest absolute Gasteiger partial charge is 0.496 e. The van der Waals surface area contributed by atoms with Crippen LogP contribution in [0.3, 0.4) is 0 Å². The summed E-state index contributed by atoms with van der Waals surface area (Å²) in [6, 6.07) is 15.3. The van der Waals surface area contributed by atoms with Crippen molar-refractivity contribution in [2.24, 2.45) is 0 Å². The summed E-state index contributed by atoms with van der Waals surface area (Å²) in [5, 5.41) is 11.8. The summed E-state index contributed by atoms with van der Waals surface area (Å²) in [6.07, 6.45) is 1.43. The first-order valence-electron chi connectivity index (χ1n) is 7.81. The van der Waals surface area contributed by atoms with Gasteiger partial charge in [0, 0.05) is 23.8 Å². The van der Waals surface area contributed by atoms with Crippen LogP contribution in [0, 0.1) is 0 Å². The van der Waals surface area contributed by atoms with Gasteiger partial charge in [0.2, 0.25) is 0 Å². The third-order valence-corrected chi connectivity index (χ3v) is 3.72. The molecule has 0 aliphatic heterocycles. The topological polar surface area (TPSA) is 58.6 Å². The Morgan fingerprint density at radius 2 is 1.96 bits per heavy atom. The quantitative estimate of drug-likeness (QED) is 0.825. The first kappa shape index (κ1) is 17.0. The smallest absolute Gasteiger partial charge is 0.251 e. The Kier molecular flexibility index (Phi) is 6.18. The summed E-state index contributed by atoms with van der Waals surface area (Å²) in [5.74, 6) is 0.622. The van der Waals surface area contributed by atoms with Gasteiger partial charge in [0.25, 0.3) is 5.91 Å². The Labute approximate surface area is 137 Å². The predicted octanol–water partition coefficient (Wildman–Crippen LogP) is 3.25. The Bertz CT molecular complexity index is 640. The minimum atomic E-state index is -0.115. The van der Waals surface area contributed by atoms with Gasteiger partial charge in [-0.1, -0.05) is 30.3 Å². The van der Waals surface area contributed by atoms with Crippen LogP contribution in [0.5, 0.6) is 5.75 Å². The SMILES string of the molecule is COc1ccc(C(=O)NC(C)CCCO)cc1-c1ccccc1. The van der Waals surface area contributed by atoms with Crippen LogP contribution in [0.4, 0.5) is 0 Å². The summed E-state index contributed by atoms with van der Waals surface area (Å²) < 4.78 is 5.41. The lowest BCUT2D eigenvalue weighted by atomic mass is 10.0. The maximum atomic E-state index is 12.4. The van der Waals surface area contributed by atoms with E-state index >= 15 is 0 Å². The second-order valence-corrected chi connectivity index (χ2v) is 5.52. The Morgan fingerprint density at radius 1 is 1.22 bits per heavy atom. The third-order valence-electron chi connectivity index (χ3n) is 3.72. The van der Waals surface area contributed by atoms with Gasteiger partial charge >= 0.3 is 0 Å². The predicted molar refractivity (Wildman–Crippen MR) is 91.7 cm³/mol. The van der Waals surface area contributed by atoms with Gasteiger partial charge in [-0.25, -0.2) is 0 Å². The molecule has 0 aromatic heterocycles. The van der Waals surface area contributed by atoms with E-state index in [-0.39, 0.29) is 18.6 Å². The normalized spacial score (nSPS) is 11.8. The van der Waals surface area contributed by atoms with Crippen molar-refractivity contribution in [3.8, 4) is 16.9 Å². The molecule has 2 aromatic carbocycles. The highest BCUT2D eigenvalue weighted by Gasteiger charge is 2.13. The van der Waals surface area contributed by atoms with E-state index in [9.17, 15) is 4.79 Å². The second-order valence-electron chi connectivity index (χ2n) is 5.52. The maximum Gasteiger partial charge on any atom is 0.251 e. The van der Waals surface area contributed by atoms with Crippen LogP contribution in [0.1, 0.15) is 30.1 Å². The van der Waals surface area contributed by atoms with Crippen LogP contribution in [0.25, 0.3) is 11.1 Å².